The van der Waals surface area contributed by atoms with Gasteiger partial charge in [0.15, 0.2) is 0 Å². The van der Waals surface area contributed by atoms with E-state index >= 15 is 0 Å². The summed E-state index contributed by atoms with van der Waals surface area (Å²) >= 11 is 0. The molecule has 4 atom stereocenters. The van der Waals surface area contributed by atoms with E-state index in [9.17, 15) is 0 Å². The summed E-state index contributed by atoms with van der Waals surface area (Å²) in [6.07, 6.45) is 4.04. The molecule has 0 aromatic heterocycles. The van der Waals surface area contributed by atoms with Gasteiger partial charge in [0.05, 0.1) is 0 Å². The Bertz CT molecular complexity index is 441. The van der Waals surface area contributed by atoms with E-state index in [0.717, 1.165) is 11.8 Å². The third-order valence-electron chi connectivity index (χ3n) is 7.26. The van der Waals surface area contributed by atoms with E-state index in [4.69, 9.17) is 0 Å². The van der Waals surface area contributed by atoms with Crippen LogP contribution in [0.1, 0.15) is 88.5 Å². The van der Waals surface area contributed by atoms with E-state index < -0.39 is 0 Å². The summed E-state index contributed by atoms with van der Waals surface area (Å²) < 4.78 is 0. The van der Waals surface area contributed by atoms with Crippen LogP contribution in [-0.4, -0.2) is 0 Å². The Hall–Kier alpha value is -0.480. The Balaban J connectivity index is 3.33. The monoisotopic (exact) mass is 304 g/mol. The van der Waals surface area contributed by atoms with E-state index in [0.29, 0.717) is 22.7 Å². The first-order chi connectivity index (χ1) is 9.99. The van der Waals surface area contributed by atoms with Crippen LogP contribution in [0.2, 0.25) is 0 Å². The molecule has 0 bridgehead atoms. The molecule has 0 aromatic carbocycles. The molecule has 22 heavy (non-hydrogen) atoms. The molecule has 1 fully saturated rings. The number of allylic oxidation sites excluding steroid dienone is 1. The van der Waals surface area contributed by atoms with Gasteiger partial charge < -0.3 is 0 Å². The lowest BCUT2D eigenvalue weighted by molar-refractivity contribution is 0.00241. The zero-order valence-electron chi connectivity index (χ0n) is 16.9. The van der Waals surface area contributed by atoms with Gasteiger partial charge in [0.2, 0.25) is 0 Å². The second kappa shape index (κ2) is 6.96. The Morgan fingerprint density at radius 1 is 1.23 bits per heavy atom. The van der Waals surface area contributed by atoms with Crippen molar-refractivity contribution in [3.63, 3.8) is 0 Å². The van der Waals surface area contributed by atoms with Gasteiger partial charge in [-0.25, -0.2) is 0 Å². The highest BCUT2D eigenvalue weighted by atomic mass is 14.6. The van der Waals surface area contributed by atoms with Crippen LogP contribution in [-0.2, 0) is 0 Å². The molecule has 0 aliphatic heterocycles. The number of hydrogen-bond donors (Lipinski definition) is 0. The summed E-state index contributed by atoms with van der Waals surface area (Å²) in [7, 11) is 0. The molecule has 0 nitrogen and oxygen atoms in total. The van der Waals surface area contributed by atoms with Crippen LogP contribution < -0.4 is 0 Å². The maximum atomic E-state index is 3.66. The molecule has 0 spiro atoms. The fourth-order valence-electron chi connectivity index (χ4n) is 5.03. The van der Waals surface area contributed by atoms with Gasteiger partial charge >= 0.3 is 0 Å². The van der Waals surface area contributed by atoms with Gasteiger partial charge in [-0.1, -0.05) is 61.3 Å². The number of hydrogen-bond acceptors (Lipinski definition) is 0. The average Bonchev–Trinajstić information content (AvgIpc) is 2.62. The first-order valence-corrected chi connectivity index (χ1v) is 9.39. The maximum Gasteiger partial charge on any atom is -0.00703 e. The van der Waals surface area contributed by atoms with E-state index in [1.807, 2.05) is 0 Å². The Morgan fingerprint density at radius 3 is 2.18 bits per heavy atom. The van der Waals surface area contributed by atoms with Crippen molar-refractivity contribution in [2.75, 3.05) is 0 Å². The molecule has 1 rings (SSSR count). The molecule has 1 saturated carbocycles. The normalized spacial score (nSPS) is 32.2. The summed E-state index contributed by atoms with van der Waals surface area (Å²) in [6, 6.07) is 0. The molecule has 4 unspecified atom stereocenters. The van der Waals surface area contributed by atoms with Crippen molar-refractivity contribution in [1.29, 1.82) is 0 Å². The zero-order chi connectivity index (χ0) is 17.3. The van der Waals surface area contributed by atoms with Crippen LogP contribution in [0.3, 0.4) is 0 Å². The van der Waals surface area contributed by atoms with Crippen LogP contribution in [0.5, 0.6) is 0 Å². The van der Waals surface area contributed by atoms with Crippen molar-refractivity contribution < 1.29 is 0 Å². The van der Waals surface area contributed by atoms with Crippen LogP contribution in [0.4, 0.5) is 0 Å². The fourth-order valence-corrected chi connectivity index (χ4v) is 5.03. The molecule has 1 aliphatic rings. The van der Waals surface area contributed by atoms with Crippen molar-refractivity contribution in [2.24, 2.45) is 34.5 Å². The predicted molar refractivity (Wildman–Crippen MR) is 100.0 cm³/mol. The van der Waals surface area contributed by atoms with Crippen molar-refractivity contribution in [2.45, 2.75) is 88.5 Å². The minimum atomic E-state index is 0.373. The van der Waals surface area contributed by atoms with Crippen LogP contribution in [0, 0.1) is 34.5 Å². The highest BCUT2D eigenvalue weighted by Gasteiger charge is 2.55. The lowest BCUT2D eigenvalue weighted by Crippen LogP contribution is -2.42. The standard InChI is InChI=1S/C22H40/c1-11-12-19-14-22(10,21(8,9)16(4)5)18(7)20(19)17(6)13-15(2)3/h16,18-20H,11-12,14H2,1-10H3. The fraction of sp³-hybridized carbons (Fsp3) is 0.864. The lowest BCUT2D eigenvalue weighted by atomic mass is 9.56. The first-order valence-electron chi connectivity index (χ1n) is 9.39. The van der Waals surface area contributed by atoms with Crippen molar-refractivity contribution >= 4 is 0 Å². The maximum absolute atomic E-state index is 3.66. The second-order valence-corrected chi connectivity index (χ2v) is 9.17. The summed E-state index contributed by atoms with van der Waals surface area (Å²) in [4.78, 5) is 0. The predicted octanol–water partition coefficient (Wildman–Crippen LogP) is 7.26. The molecule has 128 valence electrons. The molecule has 0 saturated heterocycles. The van der Waals surface area contributed by atoms with E-state index in [-0.39, 0.29) is 0 Å². The third-order valence-corrected chi connectivity index (χ3v) is 7.26. The SMILES string of the molecule is CCCC1CC(C)(C(C)(C)C(C)C)C(C)C1C(C)=C=C(C)C. The van der Waals surface area contributed by atoms with Gasteiger partial charge in [-0.3, -0.25) is 0 Å². The Morgan fingerprint density at radius 2 is 1.77 bits per heavy atom. The minimum absolute atomic E-state index is 0.373. The van der Waals surface area contributed by atoms with Gasteiger partial charge in [-0.2, -0.15) is 0 Å². The second-order valence-electron chi connectivity index (χ2n) is 9.17. The number of rotatable bonds is 5. The molecule has 1 aliphatic carbocycles. The molecule has 0 heteroatoms. The van der Waals surface area contributed by atoms with Crippen LogP contribution in [0.15, 0.2) is 16.9 Å². The summed E-state index contributed by atoms with van der Waals surface area (Å²) in [5.74, 6) is 2.98. The summed E-state index contributed by atoms with van der Waals surface area (Å²) in [5.41, 5.74) is 7.25. The first kappa shape index (κ1) is 19.6. The van der Waals surface area contributed by atoms with Crippen molar-refractivity contribution in [3.05, 3.63) is 16.9 Å². The smallest absolute Gasteiger partial charge is 0.00703 e. The molecular formula is C22H40. The van der Waals surface area contributed by atoms with Gasteiger partial charge in [-0.05, 0) is 72.8 Å². The molecular weight excluding hydrogens is 264 g/mol. The average molecular weight is 305 g/mol. The van der Waals surface area contributed by atoms with E-state index in [1.165, 1.54) is 30.4 Å². The molecule has 0 amide bonds. The van der Waals surface area contributed by atoms with Gasteiger partial charge in [0.25, 0.3) is 0 Å². The van der Waals surface area contributed by atoms with Crippen molar-refractivity contribution in [1.82, 2.24) is 0 Å². The highest BCUT2D eigenvalue weighted by molar-refractivity contribution is 5.16. The van der Waals surface area contributed by atoms with Crippen molar-refractivity contribution in [3.8, 4) is 0 Å². The minimum Gasteiger partial charge on any atom is -0.123 e. The van der Waals surface area contributed by atoms with Gasteiger partial charge in [0, 0.05) is 0 Å². The lowest BCUT2D eigenvalue weighted by Gasteiger charge is -2.49. The largest absolute Gasteiger partial charge is 0.123 e. The summed E-state index contributed by atoms with van der Waals surface area (Å²) in [5, 5.41) is 0. The topological polar surface area (TPSA) is 0 Å². The zero-order valence-corrected chi connectivity index (χ0v) is 16.9. The van der Waals surface area contributed by atoms with E-state index in [1.54, 1.807) is 0 Å². The van der Waals surface area contributed by atoms with Crippen LogP contribution >= 0.6 is 0 Å². The highest BCUT2D eigenvalue weighted by Crippen LogP contribution is 2.63. The molecule has 0 radical (unpaired) electrons. The third kappa shape index (κ3) is 3.38. The Kier molecular flexibility index (Phi) is 6.19. The van der Waals surface area contributed by atoms with Gasteiger partial charge in [-0.15, -0.1) is 5.73 Å². The quantitative estimate of drug-likeness (QED) is 0.469. The van der Waals surface area contributed by atoms with Gasteiger partial charge in [0.1, 0.15) is 0 Å². The molecule has 0 N–H and O–H groups in total. The molecule has 0 heterocycles. The molecule has 0 aromatic rings. The summed E-state index contributed by atoms with van der Waals surface area (Å²) in [6.45, 7) is 23.9. The van der Waals surface area contributed by atoms with Crippen LogP contribution in [0.25, 0.3) is 0 Å². The van der Waals surface area contributed by atoms with E-state index in [2.05, 4.69) is 75.0 Å². The Labute approximate surface area is 140 Å².